The van der Waals surface area contributed by atoms with Crippen LogP contribution in [0.2, 0.25) is 0 Å². The molecule has 0 spiro atoms. The van der Waals surface area contributed by atoms with E-state index in [0.717, 1.165) is 15.6 Å². The molecule has 0 fully saturated rings. The van der Waals surface area contributed by atoms with E-state index in [4.69, 9.17) is 4.74 Å². The molecular weight excluding hydrogens is 516 g/mol. The van der Waals surface area contributed by atoms with Crippen molar-refractivity contribution < 1.29 is 19.1 Å². The summed E-state index contributed by atoms with van der Waals surface area (Å²) in [6, 6.07) is 14.1. The van der Waals surface area contributed by atoms with Crippen molar-refractivity contribution in [2.75, 3.05) is 12.4 Å². The highest BCUT2D eigenvalue weighted by atomic mass is 79.9. The highest BCUT2D eigenvalue weighted by Gasteiger charge is 2.13. The summed E-state index contributed by atoms with van der Waals surface area (Å²) in [5.41, 5.74) is 3.75. The Balaban J connectivity index is 1.64. The van der Waals surface area contributed by atoms with Crippen molar-refractivity contribution in [3.05, 3.63) is 80.8 Å². The Bertz CT molecular complexity index is 1180. The molecule has 0 aliphatic heterocycles. The van der Waals surface area contributed by atoms with Gasteiger partial charge in [-0.15, -0.1) is 11.3 Å². The lowest BCUT2D eigenvalue weighted by atomic mass is 9.87. The number of nitrogens with one attached hydrogen (secondary N) is 1. The van der Waals surface area contributed by atoms with Crippen LogP contribution in [0.3, 0.4) is 0 Å². The number of methoxy groups -OCH3 is 1. The minimum absolute atomic E-state index is 0.0659. The molecule has 0 aliphatic carbocycles. The number of benzene rings is 2. The summed E-state index contributed by atoms with van der Waals surface area (Å²) < 4.78 is 11.6. The summed E-state index contributed by atoms with van der Waals surface area (Å²) in [5, 5.41) is 4.84. The number of carbonyl (C=O) groups excluding carboxylic acids is 2. The van der Waals surface area contributed by atoms with Gasteiger partial charge in [0.1, 0.15) is 12.4 Å². The third-order valence-corrected chi connectivity index (χ3v) is 6.24. The zero-order valence-electron chi connectivity index (χ0n) is 19.6. The van der Waals surface area contributed by atoms with E-state index in [1.807, 2.05) is 18.2 Å². The van der Waals surface area contributed by atoms with E-state index in [-0.39, 0.29) is 23.7 Å². The van der Waals surface area contributed by atoms with E-state index < -0.39 is 0 Å². The SMILES string of the molecule is COC(=O)Cc1csc(NC(=O)/C=C/c2cc(Br)ccc2OCc2ccc(C(C)(C)C)cc2)n1. The molecule has 3 rings (SSSR count). The largest absolute Gasteiger partial charge is 0.488 e. The van der Waals surface area contributed by atoms with E-state index in [2.05, 4.69) is 76.0 Å². The summed E-state index contributed by atoms with van der Waals surface area (Å²) in [4.78, 5) is 28.0. The molecule has 2 aromatic carbocycles. The molecular formula is C26H27BrN2O4S. The number of carbonyl (C=O) groups is 2. The molecule has 1 amide bonds. The van der Waals surface area contributed by atoms with E-state index in [0.29, 0.717) is 23.2 Å². The van der Waals surface area contributed by atoms with Gasteiger partial charge in [0.2, 0.25) is 5.91 Å². The Morgan fingerprint density at radius 3 is 2.56 bits per heavy atom. The summed E-state index contributed by atoms with van der Waals surface area (Å²) in [5.74, 6) is -0.0418. The van der Waals surface area contributed by atoms with Gasteiger partial charge in [-0.2, -0.15) is 0 Å². The Morgan fingerprint density at radius 1 is 1.15 bits per heavy atom. The topological polar surface area (TPSA) is 77.5 Å². The minimum Gasteiger partial charge on any atom is -0.488 e. The Kier molecular flexibility index (Phi) is 8.63. The summed E-state index contributed by atoms with van der Waals surface area (Å²) >= 11 is 4.72. The molecule has 0 bridgehead atoms. The second kappa shape index (κ2) is 11.4. The van der Waals surface area contributed by atoms with Crippen molar-refractivity contribution in [1.29, 1.82) is 0 Å². The molecule has 8 heteroatoms. The van der Waals surface area contributed by atoms with Gasteiger partial charge >= 0.3 is 5.97 Å². The average Bonchev–Trinajstić information content (AvgIpc) is 3.23. The molecule has 0 saturated heterocycles. The van der Waals surface area contributed by atoms with Crippen LogP contribution in [-0.4, -0.2) is 24.0 Å². The van der Waals surface area contributed by atoms with Gasteiger partial charge in [0, 0.05) is 21.5 Å². The van der Waals surface area contributed by atoms with Crippen LogP contribution < -0.4 is 10.1 Å². The first-order chi connectivity index (χ1) is 16.1. The second-order valence-electron chi connectivity index (χ2n) is 8.64. The lowest BCUT2D eigenvalue weighted by Gasteiger charge is -2.19. The molecule has 1 heterocycles. The predicted molar refractivity (Wildman–Crippen MR) is 139 cm³/mol. The van der Waals surface area contributed by atoms with E-state index >= 15 is 0 Å². The van der Waals surface area contributed by atoms with Crippen LogP contribution in [0, 0.1) is 0 Å². The predicted octanol–water partition coefficient (Wildman–Crippen LogP) is 6.15. The molecule has 0 radical (unpaired) electrons. The molecule has 0 atom stereocenters. The van der Waals surface area contributed by atoms with Gasteiger partial charge < -0.3 is 9.47 Å². The molecule has 1 N–H and O–H groups in total. The molecule has 0 aliphatic rings. The van der Waals surface area contributed by atoms with Crippen LogP contribution >= 0.6 is 27.3 Å². The third-order valence-electron chi connectivity index (χ3n) is 4.94. The smallest absolute Gasteiger partial charge is 0.311 e. The highest BCUT2D eigenvalue weighted by Crippen LogP contribution is 2.27. The van der Waals surface area contributed by atoms with Gasteiger partial charge in [-0.3, -0.25) is 14.9 Å². The van der Waals surface area contributed by atoms with Crippen molar-refractivity contribution in [2.24, 2.45) is 0 Å². The number of esters is 1. The number of hydrogen-bond acceptors (Lipinski definition) is 6. The van der Waals surface area contributed by atoms with Crippen molar-refractivity contribution >= 4 is 50.4 Å². The minimum atomic E-state index is -0.379. The maximum atomic E-state index is 12.4. The van der Waals surface area contributed by atoms with Gasteiger partial charge in [0.15, 0.2) is 5.13 Å². The molecule has 34 heavy (non-hydrogen) atoms. The Labute approximate surface area is 212 Å². The quantitative estimate of drug-likeness (QED) is 0.273. The molecule has 178 valence electrons. The standard InChI is InChI=1S/C26H27BrN2O4S/c1-26(2,3)19-8-5-17(6-9-19)15-33-22-11-10-20(27)13-18(22)7-12-23(30)29-25-28-21(16-34-25)14-24(31)32-4/h5-13,16H,14-15H2,1-4H3,(H,28,29,30)/b12-7+. The fourth-order valence-electron chi connectivity index (χ4n) is 3.02. The fourth-order valence-corrected chi connectivity index (χ4v) is 4.11. The number of halogens is 1. The molecule has 6 nitrogen and oxygen atoms in total. The zero-order chi connectivity index (χ0) is 24.7. The number of hydrogen-bond donors (Lipinski definition) is 1. The normalized spacial score (nSPS) is 11.4. The lowest BCUT2D eigenvalue weighted by molar-refractivity contribution is -0.139. The first-order valence-electron chi connectivity index (χ1n) is 10.7. The van der Waals surface area contributed by atoms with Crippen molar-refractivity contribution in [3.8, 4) is 5.75 Å². The van der Waals surface area contributed by atoms with Gasteiger partial charge in [-0.1, -0.05) is 61.0 Å². The highest BCUT2D eigenvalue weighted by molar-refractivity contribution is 9.10. The maximum Gasteiger partial charge on any atom is 0.311 e. The van der Waals surface area contributed by atoms with Gasteiger partial charge in [-0.25, -0.2) is 4.98 Å². The van der Waals surface area contributed by atoms with Gasteiger partial charge in [0.25, 0.3) is 0 Å². The average molecular weight is 543 g/mol. The van der Waals surface area contributed by atoms with Crippen LogP contribution in [0.1, 0.15) is 43.2 Å². The van der Waals surface area contributed by atoms with Crippen LogP contribution in [0.25, 0.3) is 6.08 Å². The van der Waals surface area contributed by atoms with Crippen LogP contribution in [0.4, 0.5) is 5.13 Å². The first-order valence-corrected chi connectivity index (χ1v) is 12.3. The van der Waals surface area contributed by atoms with Gasteiger partial charge in [0.05, 0.1) is 19.2 Å². The van der Waals surface area contributed by atoms with Crippen LogP contribution in [0.5, 0.6) is 5.75 Å². The summed E-state index contributed by atoms with van der Waals surface area (Å²) in [6.45, 7) is 6.97. The van der Waals surface area contributed by atoms with Crippen molar-refractivity contribution in [2.45, 2.75) is 39.2 Å². The van der Waals surface area contributed by atoms with E-state index in [1.165, 1.54) is 30.1 Å². The molecule has 0 saturated carbocycles. The summed E-state index contributed by atoms with van der Waals surface area (Å²) in [7, 11) is 1.32. The fraction of sp³-hybridized carbons (Fsp3) is 0.269. The van der Waals surface area contributed by atoms with Gasteiger partial charge in [-0.05, 0) is 40.8 Å². The monoisotopic (exact) mass is 542 g/mol. The van der Waals surface area contributed by atoms with E-state index in [9.17, 15) is 9.59 Å². The number of thiazole rings is 1. The summed E-state index contributed by atoms with van der Waals surface area (Å²) in [6.07, 6.45) is 3.19. The third kappa shape index (κ3) is 7.53. The molecule has 1 aromatic heterocycles. The number of aromatic nitrogens is 1. The number of rotatable bonds is 8. The maximum absolute atomic E-state index is 12.4. The zero-order valence-corrected chi connectivity index (χ0v) is 22.0. The number of anilines is 1. The van der Waals surface area contributed by atoms with Crippen molar-refractivity contribution in [1.82, 2.24) is 4.98 Å². The second-order valence-corrected chi connectivity index (χ2v) is 10.4. The Morgan fingerprint density at radius 2 is 1.88 bits per heavy atom. The van der Waals surface area contributed by atoms with Crippen LogP contribution in [0.15, 0.2) is 58.4 Å². The Hall–Kier alpha value is -2.97. The molecule has 0 unspecified atom stereocenters. The number of amides is 1. The van der Waals surface area contributed by atoms with Crippen molar-refractivity contribution in [3.63, 3.8) is 0 Å². The number of nitrogens with zero attached hydrogens (tertiary/aromatic N) is 1. The lowest BCUT2D eigenvalue weighted by Crippen LogP contribution is -2.10. The van der Waals surface area contributed by atoms with E-state index in [1.54, 1.807) is 11.5 Å². The first kappa shape index (κ1) is 25.6. The molecule has 3 aromatic rings. The number of ether oxygens (including phenoxy) is 2. The van der Waals surface area contributed by atoms with Crippen LogP contribution in [-0.2, 0) is 32.8 Å².